The number of hydrogen-bond acceptors (Lipinski definition) is 6. The summed E-state index contributed by atoms with van der Waals surface area (Å²) in [5.41, 5.74) is 5.00. The maximum atomic E-state index is 13.7. The number of carbonyl (C=O) groups is 1. The van der Waals surface area contributed by atoms with Crippen molar-refractivity contribution in [3.63, 3.8) is 0 Å². The van der Waals surface area contributed by atoms with Gasteiger partial charge in [0.05, 0.1) is 21.7 Å². The van der Waals surface area contributed by atoms with Crippen molar-refractivity contribution < 1.29 is 14.5 Å². The Morgan fingerprint density at radius 2 is 1.86 bits per heavy atom. The van der Waals surface area contributed by atoms with E-state index in [0.29, 0.717) is 17.0 Å². The fraction of sp³-hybridized carbons (Fsp3) is 0.267. The van der Waals surface area contributed by atoms with Crippen LogP contribution in [0.15, 0.2) is 66.0 Å². The van der Waals surface area contributed by atoms with Gasteiger partial charge in [-0.3, -0.25) is 10.1 Å². The van der Waals surface area contributed by atoms with Crippen molar-refractivity contribution in [2.45, 2.75) is 40.2 Å². The normalized spacial score (nSPS) is 16.5. The number of thiophene rings is 1. The Labute approximate surface area is 219 Å². The van der Waals surface area contributed by atoms with Crippen LogP contribution in [0.5, 0.6) is 0 Å². The number of nitro groups is 1. The van der Waals surface area contributed by atoms with Gasteiger partial charge in [-0.15, -0.1) is 11.3 Å². The summed E-state index contributed by atoms with van der Waals surface area (Å²) in [6.45, 7) is 6.76. The molecule has 1 aliphatic rings. The van der Waals surface area contributed by atoms with Crippen LogP contribution in [0, 0.1) is 21.4 Å². The molecule has 0 saturated carbocycles. The zero-order valence-corrected chi connectivity index (χ0v) is 21.9. The van der Waals surface area contributed by atoms with Gasteiger partial charge in [-0.2, -0.15) is 0 Å². The van der Waals surface area contributed by atoms with Gasteiger partial charge in [0.2, 0.25) is 0 Å². The summed E-state index contributed by atoms with van der Waals surface area (Å²) >= 11 is 1.68. The average molecular weight is 513 g/mol. The van der Waals surface area contributed by atoms with E-state index in [9.17, 15) is 14.9 Å². The number of nitrogens with zero attached hydrogens (tertiary/aromatic N) is 2. The number of hydrogen-bond donors (Lipinski definition) is 0. The van der Waals surface area contributed by atoms with Gasteiger partial charge in [0.15, 0.2) is 0 Å². The second-order valence-electron chi connectivity index (χ2n) is 10.5. The Morgan fingerprint density at radius 3 is 2.54 bits per heavy atom. The highest BCUT2D eigenvalue weighted by atomic mass is 32.1. The summed E-state index contributed by atoms with van der Waals surface area (Å²) in [4.78, 5) is 30.4. The van der Waals surface area contributed by atoms with E-state index in [0.717, 1.165) is 45.5 Å². The molecule has 2 aromatic heterocycles. The Morgan fingerprint density at radius 1 is 1.11 bits per heavy atom. The molecule has 0 radical (unpaired) electrons. The Hall–Kier alpha value is -3.84. The van der Waals surface area contributed by atoms with E-state index < -0.39 is 10.9 Å². The van der Waals surface area contributed by atoms with E-state index >= 15 is 0 Å². The molecule has 6 nitrogen and oxygen atoms in total. The van der Waals surface area contributed by atoms with Crippen molar-refractivity contribution in [2.75, 3.05) is 0 Å². The lowest BCUT2D eigenvalue weighted by atomic mass is 9.69. The molecule has 1 aliphatic carbocycles. The third-order valence-electron chi connectivity index (χ3n) is 7.02. The Balaban J connectivity index is 1.59. The third-order valence-corrected chi connectivity index (χ3v) is 7.84. The number of para-hydroxylation sites is 1. The first-order chi connectivity index (χ1) is 17.7. The van der Waals surface area contributed by atoms with Gasteiger partial charge < -0.3 is 4.74 Å². The lowest BCUT2D eigenvalue weighted by Gasteiger charge is -2.36. The van der Waals surface area contributed by atoms with E-state index in [-0.39, 0.29) is 17.7 Å². The van der Waals surface area contributed by atoms with Gasteiger partial charge in [0.25, 0.3) is 5.69 Å². The number of pyridine rings is 1. The van der Waals surface area contributed by atoms with Crippen LogP contribution >= 0.6 is 11.3 Å². The lowest BCUT2D eigenvalue weighted by Crippen LogP contribution is -2.28. The van der Waals surface area contributed by atoms with Crippen LogP contribution in [0.1, 0.15) is 59.2 Å². The molecule has 0 aliphatic heterocycles. The molecule has 1 unspecified atom stereocenters. The highest BCUT2D eigenvalue weighted by molar-refractivity contribution is 7.10. The molecule has 0 spiro atoms. The SMILES string of the molecule is CC(C)(C)C1C/C(=C/c2cccs2)c2nc3ccccc3c(C(=O)OCc3ccc([N+](=O)[O-])cc3)c2C1. The number of nitro benzene ring substituents is 1. The van der Waals surface area contributed by atoms with Crippen molar-refractivity contribution in [2.24, 2.45) is 11.3 Å². The molecule has 0 saturated heterocycles. The summed E-state index contributed by atoms with van der Waals surface area (Å²) in [5.74, 6) is -0.0753. The minimum atomic E-state index is -0.446. The molecule has 4 aromatic rings. The smallest absolute Gasteiger partial charge is 0.339 e. The third kappa shape index (κ3) is 5.18. The number of allylic oxidation sites excluding steroid dienone is 1. The average Bonchev–Trinajstić information content (AvgIpc) is 3.38. The quantitative estimate of drug-likeness (QED) is 0.155. The number of rotatable bonds is 5. The first kappa shape index (κ1) is 24.8. The van der Waals surface area contributed by atoms with E-state index in [1.54, 1.807) is 23.5 Å². The summed E-state index contributed by atoms with van der Waals surface area (Å²) in [6.07, 6.45) is 3.83. The molecule has 5 rings (SSSR count). The van der Waals surface area contributed by atoms with Crippen molar-refractivity contribution in [3.8, 4) is 0 Å². The molecule has 0 fully saturated rings. The zero-order chi connectivity index (χ0) is 26.2. The molecule has 0 N–H and O–H groups in total. The molecule has 0 bridgehead atoms. The van der Waals surface area contributed by atoms with Crippen LogP contribution < -0.4 is 0 Å². The van der Waals surface area contributed by atoms with E-state index in [1.165, 1.54) is 12.1 Å². The van der Waals surface area contributed by atoms with Crippen LogP contribution in [0.3, 0.4) is 0 Å². The van der Waals surface area contributed by atoms with E-state index in [1.807, 2.05) is 30.3 Å². The molecule has 2 heterocycles. The van der Waals surface area contributed by atoms with Crippen molar-refractivity contribution in [1.29, 1.82) is 0 Å². The fourth-order valence-electron chi connectivity index (χ4n) is 4.85. The number of fused-ring (bicyclic) bond motifs is 2. The summed E-state index contributed by atoms with van der Waals surface area (Å²) in [6, 6.07) is 17.9. The number of benzene rings is 2. The molecule has 188 valence electrons. The van der Waals surface area contributed by atoms with E-state index in [2.05, 4.69) is 38.3 Å². The van der Waals surface area contributed by atoms with E-state index in [4.69, 9.17) is 9.72 Å². The molecule has 7 heteroatoms. The van der Waals surface area contributed by atoms with Gasteiger partial charge in [0.1, 0.15) is 6.61 Å². The first-order valence-electron chi connectivity index (χ1n) is 12.3. The van der Waals surface area contributed by atoms with Crippen LogP contribution in [-0.2, 0) is 17.8 Å². The topological polar surface area (TPSA) is 82.3 Å². The standard InChI is InChI=1S/C30H28N2O4S/c1-30(2,3)21-15-20(16-23-7-6-14-37-23)28-25(17-21)27(24-8-4-5-9-26(24)31-28)29(33)36-18-19-10-12-22(13-11-19)32(34)35/h4-14,16,21H,15,17-18H2,1-3H3/b20-16-. The predicted molar refractivity (Wildman–Crippen MR) is 147 cm³/mol. The molecular formula is C30H28N2O4S. The van der Waals surface area contributed by atoms with Crippen LogP contribution in [-0.4, -0.2) is 15.9 Å². The zero-order valence-electron chi connectivity index (χ0n) is 21.1. The number of non-ortho nitro benzene ring substituents is 1. The molecule has 2 aromatic carbocycles. The number of ether oxygens (including phenoxy) is 1. The van der Waals surface area contributed by atoms with Crippen LogP contribution in [0.25, 0.3) is 22.6 Å². The largest absolute Gasteiger partial charge is 0.457 e. The summed E-state index contributed by atoms with van der Waals surface area (Å²) in [7, 11) is 0. The first-order valence-corrected chi connectivity index (χ1v) is 13.1. The van der Waals surface area contributed by atoms with Gasteiger partial charge >= 0.3 is 5.97 Å². The van der Waals surface area contributed by atoms with Crippen LogP contribution in [0.4, 0.5) is 5.69 Å². The van der Waals surface area contributed by atoms with Crippen molar-refractivity contribution in [1.82, 2.24) is 4.98 Å². The van der Waals surface area contributed by atoms with Gasteiger partial charge in [-0.1, -0.05) is 45.0 Å². The van der Waals surface area contributed by atoms with Gasteiger partial charge in [0, 0.05) is 22.4 Å². The van der Waals surface area contributed by atoms with Gasteiger partial charge in [-0.25, -0.2) is 9.78 Å². The fourth-order valence-corrected chi connectivity index (χ4v) is 5.53. The highest BCUT2D eigenvalue weighted by Crippen LogP contribution is 2.45. The number of esters is 1. The molecule has 0 amide bonds. The predicted octanol–water partition coefficient (Wildman–Crippen LogP) is 7.71. The molecule has 37 heavy (non-hydrogen) atoms. The van der Waals surface area contributed by atoms with Crippen LogP contribution in [0.2, 0.25) is 0 Å². The summed E-state index contributed by atoms with van der Waals surface area (Å²) < 4.78 is 5.80. The molecular weight excluding hydrogens is 484 g/mol. The van der Waals surface area contributed by atoms with Crippen molar-refractivity contribution >= 4 is 45.5 Å². The maximum absolute atomic E-state index is 13.7. The summed E-state index contributed by atoms with van der Waals surface area (Å²) in [5, 5.41) is 13.8. The lowest BCUT2D eigenvalue weighted by molar-refractivity contribution is -0.384. The Bertz CT molecular complexity index is 1500. The number of carbonyl (C=O) groups excluding carboxylic acids is 1. The second-order valence-corrected chi connectivity index (χ2v) is 11.5. The minimum Gasteiger partial charge on any atom is -0.457 e. The minimum absolute atomic E-state index is 0.00236. The monoisotopic (exact) mass is 512 g/mol. The second kappa shape index (κ2) is 9.90. The van der Waals surface area contributed by atoms with Gasteiger partial charge in [-0.05, 0) is 76.6 Å². The maximum Gasteiger partial charge on any atom is 0.339 e. The van der Waals surface area contributed by atoms with Crippen molar-refractivity contribution in [3.05, 3.63) is 103 Å². The highest BCUT2D eigenvalue weighted by Gasteiger charge is 2.35. The number of aromatic nitrogens is 1. The Kier molecular flexibility index (Phi) is 6.65. The molecule has 1 atom stereocenters.